The highest BCUT2D eigenvalue weighted by Crippen LogP contribution is 2.42. The fraction of sp³-hybridized carbons (Fsp3) is 0.590. The molecule has 0 spiro atoms. The summed E-state index contributed by atoms with van der Waals surface area (Å²) in [5.41, 5.74) is 11.5. The van der Waals surface area contributed by atoms with E-state index in [9.17, 15) is 0 Å². The number of fused-ring (bicyclic) bond motifs is 1. The number of hydrogen-bond donors (Lipinski definition) is 0. The van der Waals surface area contributed by atoms with E-state index < -0.39 is 0 Å². The first-order valence-corrected chi connectivity index (χ1v) is 16.1. The van der Waals surface area contributed by atoms with E-state index in [4.69, 9.17) is 6.58 Å². The summed E-state index contributed by atoms with van der Waals surface area (Å²) in [5, 5.41) is 0. The first-order valence-electron chi connectivity index (χ1n) is 16.1. The van der Waals surface area contributed by atoms with Crippen molar-refractivity contribution < 1.29 is 0 Å². The minimum atomic E-state index is 0.498. The quantitative estimate of drug-likeness (QED) is 0.177. The van der Waals surface area contributed by atoms with Gasteiger partial charge in [0.05, 0.1) is 0 Å². The van der Waals surface area contributed by atoms with E-state index in [1.165, 1.54) is 95.9 Å². The SMILES string of the molecule is C=C(CCCC)CC(C)[C@@H](CC(=C)[C@@H](CC(=C)C1=Cc2c(CC)cccc2C1)CC(C)C)C[C@@H]1CCCC1=C. The third-order valence-electron chi connectivity index (χ3n) is 9.69. The molecule has 4 atom stereocenters. The number of aryl methyl sites for hydroxylation is 1. The minimum Gasteiger partial charge on any atom is -0.0999 e. The predicted molar refractivity (Wildman–Crippen MR) is 175 cm³/mol. The lowest BCUT2D eigenvalue weighted by atomic mass is 9.74. The lowest BCUT2D eigenvalue weighted by Gasteiger charge is -2.32. The molecule has 1 fully saturated rings. The lowest BCUT2D eigenvalue weighted by Crippen LogP contribution is -2.20. The van der Waals surface area contributed by atoms with Crippen molar-refractivity contribution in [2.24, 2.45) is 29.6 Å². The van der Waals surface area contributed by atoms with Gasteiger partial charge in [-0.1, -0.05) is 114 Å². The van der Waals surface area contributed by atoms with E-state index in [2.05, 4.69) is 78.6 Å². The molecule has 1 saturated carbocycles. The highest BCUT2D eigenvalue weighted by molar-refractivity contribution is 5.70. The van der Waals surface area contributed by atoms with E-state index in [1.807, 2.05) is 0 Å². The van der Waals surface area contributed by atoms with Crippen LogP contribution >= 0.6 is 0 Å². The fourth-order valence-corrected chi connectivity index (χ4v) is 7.17. The summed E-state index contributed by atoms with van der Waals surface area (Å²) in [6, 6.07) is 6.80. The van der Waals surface area contributed by atoms with Crippen LogP contribution in [-0.2, 0) is 12.8 Å². The van der Waals surface area contributed by atoms with Crippen LogP contribution in [0.5, 0.6) is 0 Å². The second-order valence-corrected chi connectivity index (χ2v) is 13.5. The Morgan fingerprint density at radius 1 is 1.03 bits per heavy atom. The second kappa shape index (κ2) is 15.1. The fourth-order valence-electron chi connectivity index (χ4n) is 7.17. The van der Waals surface area contributed by atoms with Gasteiger partial charge in [0, 0.05) is 0 Å². The zero-order valence-electron chi connectivity index (χ0n) is 26.2. The highest BCUT2D eigenvalue weighted by Gasteiger charge is 2.29. The number of rotatable bonds is 17. The van der Waals surface area contributed by atoms with Gasteiger partial charge in [-0.25, -0.2) is 0 Å². The monoisotopic (exact) mass is 526 g/mol. The van der Waals surface area contributed by atoms with Gasteiger partial charge in [0.1, 0.15) is 0 Å². The number of unbranched alkanes of at least 4 members (excludes halogenated alkanes) is 1. The molecule has 0 saturated heterocycles. The Morgan fingerprint density at radius 2 is 1.79 bits per heavy atom. The molecule has 1 aromatic carbocycles. The average molecular weight is 527 g/mol. The number of allylic oxidation sites excluding steroid dienone is 5. The van der Waals surface area contributed by atoms with E-state index in [0.717, 1.165) is 32.1 Å². The van der Waals surface area contributed by atoms with Crippen molar-refractivity contribution in [3.05, 3.63) is 89.1 Å². The normalized spacial score (nSPS) is 19.1. The zero-order chi connectivity index (χ0) is 28.5. The van der Waals surface area contributed by atoms with Gasteiger partial charge in [-0.2, -0.15) is 0 Å². The standard InChI is InChI=1S/C39H58/c1-10-12-15-28(5)21-30(7)37(24-34-18-13-16-29(34)6)23-31(8)36(20-27(3)4)22-32(9)38-25-35-19-14-17-33(11-2)39(35)26-38/h14,17,19,26-27,30,34,36-37H,5-6,8-13,15-16,18,20-25H2,1-4,7H3/t30?,34-,36+,37-/m0/s1. The maximum absolute atomic E-state index is 4.79. The summed E-state index contributed by atoms with van der Waals surface area (Å²) in [4.78, 5) is 0. The summed E-state index contributed by atoms with van der Waals surface area (Å²) >= 11 is 0. The van der Waals surface area contributed by atoms with Crippen molar-refractivity contribution in [1.29, 1.82) is 0 Å². The van der Waals surface area contributed by atoms with Gasteiger partial charge in [0.2, 0.25) is 0 Å². The highest BCUT2D eigenvalue weighted by atomic mass is 14.3. The molecule has 0 aromatic heterocycles. The van der Waals surface area contributed by atoms with Gasteiger partial charge < -0.3 is 0 Å². The van der Waals surface area contributed by atoms with Crippen molar-refractivity contribution in [1.82, 2.24) is 0 Å². The lowest BCUT2D eigenvalue weighted by molar-refractivity contribution is 0.282. The van der Waals surface area contributed by atoms with Crippen LogP contribution in [0.1, 0.15) is 122 Å². The van der Waals surface area contributed by atoms with Gasteiger partial charge in [-0.3, -0.25) is 0 Å². The van der Waals surface area contributed by atoms with E-state index in [0.29, 0.717) is 29.6 Å². The molecular formula is C39H58. The van der Waals surface area contributed by atoms with Crippen molar-refractivity contribution in [2.75, 3.05) is 0 Å². The molecule has 0 heterocycles. The van der Waals surface area contributed by atoms with E-state index >= 15 is 0 Å². The summed E-state index contributed by atoms with van der Waals surface area (Å²) in [7, 11) is 0. The predicted octanol–water partition coefficient (Wildman–Crippen LogP) is 11.9. The van der Waals surface area contributed by atoms with Crippen LogP contribution in [0, 0.1) is 29.6 Å². The molecule has 214 valence electrons. The summed E-state index contributed by atoms with van der Waals surface area (Å²) in [6.45, 7) is 30.1. The van der Waals surface area contributed by atoms with E-state index in [-0.39, 0.29) is 0 Å². The topological polar surface area (TPSA) is 0 Å². The first kappa shape index (κ1) is 31.4. The van der Waals surface area contributed by atoms with Crippen LogP contribution in [0.15, 0.2) is 72.4 Å². The molecule has 2 aliphatic carbocycles. The molecule has 0 aliphatic heterocycles. The van der Waals surface area contributed by atoms with Crippen molar-refractivity contribution in [2.45, 2.75) is 118 Å². The molecule has 1 aromatic rings. The van der Waals surface area contributed by atoms with Crippen molar-refractivity contribution in [3.8, 4) is 0 Å². The van der Waals surface area contributed by atoms with Crippen molar-refractivity contribution >= 4 is 6.08 Å². The maximum atomic E-state index is 4.79. The van der Waals surface area contributed by atoms with Crippen molar-refractivity contribution in [3.63, 3.8) is 0 Å². The molecule has 0 nitrogen and oxygen atoms in total. The van der Waals surface area contributed by atoms with Crippen LogP contribution < -0.4 is 0 Å². The molecule has 0 radical (unpaired) electrons. The second-order valence-electron chi connectivity index (χ2n) is 13.5. The summed E-state index contributed by atoms with van der Waals surface area (Å²) in [5.74, 6) is 3.14. The Labute approximate surface area is 242 Å². The third kappa shape index (κ3) is 8.96. The van der Waals surface area contributed by atoms with Gasteiger partial charge in [-0.05, 0) is 129 Å². The Balaban J connectivity index is 1.73. The Hall–Kier alpha value is -2.08. The molecule has 1 unspecified atom stereocenters. The number of benzene rings is 1. The Kier molecular flexibility index (Phi) is 12.1. The van der Waals surface area contributed by atoms with Crippen LogP contribution in [0.25, 0.3) is 6.08 Å². The molecule has 0 heteroatoms. The maximum Gasteiger partial charge on any atom is -0.00170 e. The molecule has 0 N–H and O–H groups in total. The van der Waals surface area contributed by atoms with Gasteiger partial charge >= 0.3 is 0 Å². The molecular weight excluding hydrogens is 468 g/mol. The summed E-state index contributed by atoms with van der Waals surface area (Å²) < 4.78 is 0. The van der Waals surface area contributed by atoms with Crippen LogP contribution in [0.2, 0.25) is 0 Å². The molecule has 0 amide bonds. The average Bonchev–Trinajstić information content (AvgIpc) is 3.52. The Morgan fingerprint density at radius 3 is 2.44 bits per heavy atom. The molecule has 0 bridgehead atoms. The van der Waals surface area contributed by atoms with E-state index in [1.54, 1.807) is 0 Å². The van der Waals surface area contributed by atoms with Gasteiger partial charge in [-0.15, -0.1) is 0 Å². The zero-order valence-corrected chi connectivity index (χ0v) is 26.2. The first-order chi connectivity index (χ1) is 18.6. The molecule has 39 heavy (non-hydrogen) atoms. The number of hydrogen-bond acceptors (Lipinski definition) is 0. The third-order valence-corrected chi connectivity index (χ3v) is 9.69. The largest absolute Gasteiger partial charge is 0.0999 e. The molecule has 2 aliphatic rings. The van der Waals surface area contributed by atoms with Crippen LogP contribution in [0.3, 0.4) is 0 Å². The van der Waals surface area contributed by atoms with Crippen LogP contribution in [0.4, 0.5) is 0 Å². The Bertz CT molecular complexity index is 1040. The van der Waals surface area contributed by atoms with Crippen LogP contribution in [-0.4, -0.2) is 0 Å². The summed E-state index contributed by atoms with van der Waals surface area (Å²) in [6.07, 6.45) is 17.9. The van der Waals surface area contributed by atoms with Gasteiger partial charge in [0.15, 0.2) is 0 Å². The smallest absolute Gasteiger partial charge is 0.00170 e. The molecule has 3 rings (SSSR count). The van der Waals surface area contributed by atoms with Gasteiger partial charge in [0.25, 0.3) is 0 Å². The minimum absolute atomic E-state index is 0.498.